The van der Waals surface area contributed by atoms with E-state index in [4.69, 9.17) is 0 Å². The molecule has 0 aliphatic carbocycles. The van der Waals surface area contributed by atoms with E-state index in [1.807, 2.05) is 11.8 Å². The second-order valence-corrected chi connectivity index (χ2v) is 6.07. The summed E-state index contributed by atoms with van der Waals surface area (Å²) in [6.07, 6.45) is 2.83. The summed E-state index contributed by atoms with van der Waals surface area (Å²) in [5.41, 5.74) is 2.46. The van der Waals surface area contributed by atoms with Crippen molar-refractivity contribution >= 4 is 5.91 Å². The molecule has 1 heterocycles. The highest BCUT2D eigenvalue weighted by Gasteiger charge is 2.26. The molecule has 2 unspecified atom stereocenters. The number of rotatable bonds is 4. The molecule has 1 aromatic rings. The van der Waals surface area contributed by atoms with E-state index < -0.39 is 0 Å². The lowest BCUT2D eigenvalue weighted by Gasteiger charge is -2.33. The summed E-state index contributed by atoms with van der Waals surface area (Å²) < 4.78 is 0. The molecular weight excluding hydrogens is 250 g/mol. The van der Waals surface area contributed by atoms with Gasteiger partial charge in [0.05, 0.1) is 0 Å². The monoisotopic (exact) mass is 275 g/mol. The fourth-order valence-electron chi connectivity index (χ4n) is 2.89. The summed E-state index contributed by atoms with van der Waals surface area (Å²) in [6, 6.07) is 8.39. The Morgan fingerprint density at radius 3 is 2.75 bits per heavy atom. The molecule has 0 radical (unpaired) electrons. The number of carbonyl (C=O) groups excluding carboxylic acids is 1. The summed E-state index contributed by atoms with van der Waals surface area (Å²) in [6.45, 7) is 5.82. The second kappa shape index (κ2) is 6.89. The first-order valence-corrected chi connectivity index (χ1v) is 7.55. The van der Waals surface area contributed by atoms with Crippen molar-refractivity contribution < 1.29 is 9.90 Å². The van der Waals surface area contributed by atoms with Gasteiger partial charge in [0, 0.05) is 25.6 Å². The molecule has 2 atom stereocenters. The Morgan fingerprint density at radius 2 is 2.10 bits per heavy atom. The summed E-state index contributed by atoms with van der Waals surface area (Å²) in [7, 11) is 0. The molecule has 20 heavy (non-hydrogen) atoms. The number of likely N-dealkylation sites (tertiary alicyclic amines) is 1. The maximum atomic E-state index is 12.5. The molecule has 0 spiro atoms. The van der Waals surface area contributed by atoms with E-state index in [-0.39, 0.29) is 24.3 Å². The van der Waals surface area contributed by atoms with Gasteiger partial charge in [0.25, 0.3) is 0 Å². The van der Waals surface area contributed by atoms with Crippen molar-refractivity contribution in [1.29, 1.82) is 0 Å². The van der Waals surface area contributed by atoms with Gasteiger partial charge in [-0.05, 0) is 37.7 Å². The number of hydrogen-bond donors (Lipinski definition) is 1. The number of nitrogens with zero attached hydrogens (tertiary/aromatic N) is 1. The van der Waals surface area contributed by atoms with Gasteiger partial charge in [-0.15, -0.1) is 0 Å². The smallest absolute Gasteiger partial charge is 0.225 e. The molecule has 1 amide bonds. The summed E-state index contributed by atoms with van der Waals surface area (Å²) in [5.74, 6) is 0.498. The molecule has 1 fully saturated rings. The summed E-state index contributed by atoms with van der Waals surface area (Å²) in [4.78, 5) is 14.4. The largest absolute Gasteiger partial charge is 0.396 e. The van der Waals surface area contributed by atoms with E-state index in [2.05, 4.69) is 31.2 Å². The van der Waals surface area contributed by atoms with Gasteiger partial charge in [-0.3, -0.25) is 4.79 Å². The highest BCUT2D eigenvalue weighted by Crippen LogP contribution is 2.19. The molecule has 3 nitrogen and oxygen atoms in total. The number of benzene rings is 1. The van der Waals surface area contributed by atoms with Crippen LogP contribution >= 0.6 is 0 Å². The Morgan fingerprint density at radius 1 is 1.40 bits per heavy atom. The Labute approximate surface area is 121 Å². The van der Waals surface area contributed by atoms with Gasteiger partial charge in [-0.1, -0.05) is 36.8 Å². The number of aliphatic hydroxyl groups is 1. The van der Waals surface area contributed by atoms with E-state index in [9.17, 15) is 9.90 Å². The number of piperidine rings is 1. The zero-order valence-corrected chi connectivity index (χ0v) is 12.5. The van der Waals surface area contributed by atoms with Crippen LogP contribution in [0.2, 0.25) is 0 Å². The van der Waals surface area contributed by atoms with E-state index in [0.717, 1.165) is 25.8 Å². The van der Waals surface area contributed by atoms with Crippen LogP contribution in [0.3, 0.4) is 0 Å². The normalized spacial score (nSPS) is 20.8. The Kier molecular flexibility index (Phi) is 5.18. The van der Waals surface area contributed by atoms with Crippen LogP contribution in [0, 0.1) is 18.8 Å². The highest BCUT2D eigenvalue weighted by atomic mass is 16.3. The Balaban J connectivity index is 1.92. The van der Waals surface area contributed by atoms with Crippen molar-refractivity contribution in [2.24, 2.45) is 11.8 Å². The SMILES string of the molecule is Cc1ccc(CC(C)C(=O)N2CCCC(CO)C2)cc1. The van der Waals surface area contributed by atoms with Crippen LogP contribution in [0.1, 0.15) is 30.9 Å². The molecule has 1 N–H and O–H groups in total. The van der Waals surface area contributed by atoms with Crippen LogP contribution in [-0.2, 0) is 11.2 Å². The number of amides is 1. The molecule has 110 valence electrons. The maximum absolute atomic E-state index is 12.5. The van der Waals surface area contributed by atoms with Crippen LogP contribution < -0.4 is 0 Å². The van der Waals surface area contributed by atoms with E-state index in [0.29, 0.717) is 6.54 Å². The minimum atomic E-state index is 0.00940. The van der Waals surface area contributed by atoms with E-state index in [1.54, 1.807) is 0 Å². The highest BCUT2D eigenvalue weighted by molar-refractivity contribution is 5.78. The lowest BCUT2D eigenvalue weighted by atomic mass is 9.95. The van der Waals surface area contributed by atoms with Gasteiger partial charge in [0.1, 0.15) is 0 Å². The van der Waals surface area contributed by atoms with Crippen LogP contribution in [0.5, 0.6) is 0 Å². The second-order valence-electron chi connectivity index (χ2n) is 6.07. The fraction of sp³-hybridized carbons (Fsp3) is 0.588. The van der Waals surface area contributed by atoms with Gasteiger partial charge < -0.3 is 10.0 Å². The zero-order chi connectivity index (χ0) is 14.5. The predicted octanol–water partition coefficient (Wildman–Crippen LogP) is 2.40. The van der Waals surface area contributed by atoms with Gasteiger partial charge in [-0.2, -0.15) is 0 Å². The third kappa shape index (κ3) is 3.83. The van der Waals surface area contributed by atoms with Gasteiger partial charge in [0.2, 0.25) is 5.91 Å². The quantitative estimate of drug-likeness (QED) is 0.916. The van der Waals surface area contributed by atoms with Crippen molar-refractivity contribution in [2.75, 3.05) is 19.7 Å². The van der Waals surface area contributed by atoms with Crippen LogP contribution in [0.4, 0.5) is 0 Å². The lowest BCUT2D eigenvalue weighted by molar-refractivity contribution is -0.137. The molecule has 1 aromatic carbocycles. The van der Waals surface area contributed by atoms with E-state index >= 15 is 0 Å². The number of aryl methyl sites for hydroxylation is 1. The first-order chi connectivity index (χ1) is 9.60. The van der Waals surface area contributed by atoms with Crippen LogP contribution in [-0.4, -0.2) is 35.6 Å². The third-order valence-corrected chi connectivity index (χ3v) is 4.17. The zero-order valence-electron chi connectivity index (χ0n) is 12.5. The van der Waals surface area contributed by atoms with Crippen molar-refractivity contribution in [2.45, 2.75) is 33.1 Å². The summed E-state index contributed by atoms with van der Waals surface area (Å²) in [5, 5.41) is 9.25. The number of aliphatic hydroxyl groups excluding tert-OH is 1. The minimum Gasteiger partial charge on any atom is -0.396 e. The molecule has 2 rings (SSSR count). The maximum Gasteiger partial charge on any atom is 0.225 e. The first kappa shape index (κ1) is 15.0. The van der Waals surface area contributed by atoms with Gasteiger partial charge in [0.15, 0.2) is 0 Å². The molecule has 0 aromatic heterocycles. The van der Waals surface area contributed by atoms with Crippen molar-refractivity contribution in [3.05, 3.63) is 35.4 Å². The third-order valence-electron chi connectivity index (χ3n) is 4.17. The molecular formula is C17H25NO2. The fourth-order valence-corrected chi connectivity index (χ4v) is 2.89. The Bertz CT molecular complexity index is 441. The molecule has 1 aliphatic heterocycles. The van der Waals surface area contributed by atoms with Crippen LogP contribution in [0.25, 0.3) is 0 Å². The average molecular weight is 275 g/mol. The van der Waals surface area contributed by atoms with Gasteiger partial charge in [-0.25, -0.2) is 0 Å². The Hall–Kier alpha value is -1.35. The van der Waals surface area contributed by atoms with Gasteiger partial charge >= 0.3 is 0 Å². The topological polar surface area (TPSA) is 40.5 Å². The predicted molar refractivity (Wildman–Crippen MR) is 80.4 cm³/mol. The summed E-state index contributed by atoms with van der Waals surface area (Å²) >= 11 is 0. The van der Waals surface area contributed by atoms with Crippen molar-refractivity contribution in [3.8, 4) is 0 Å². The molecule has 3 heteroatoms. The number of carbonyl (C=O) groups is 1. The molecule has 0 saturated carbocycles. The van der Waals surface area contributed by atoms with Crippen LogP contribution in [0.15, 0.2) is 24.3 Å². The minimum absolute atomic E-state index is 0.00940. The van der Waals surface area contributed by atoms with Crippen molar-refractivity contribution in [1.82, 2.24) is 4.90 Å². The first-order valence-electron chi connectivity index (χ1n) is 7.55. The molecule has 1 aliphatic rings. The molecule has 0 bridgehead atoms. The lowest BCUT2D eigenvalue weighted by Crippen LogP contribution is -2.43. The van der Waals surface area contributed by atoms with E-state index in [1.165, 1.54) is 11.1 Å². The molecule has 1 saturated heterocycles. The average Bonchev–Trinajstić information content (AvgIpc) is 2.48. The number of hydrogen-bond acceptors (Lipinski definition) is 2. The van der Waals surface area contributed by atoms with Crippen molar-refractivity contribution in [3.63, 3.8) is 0 Å². The standard InChI is InChI=1S/C17H25NO2/c1-13-5-7-15(8-6-13)10-14(2)17(20)18-9-3-4-16(11-18)12-19/h5-8,14,16,19H,3-4,9-12H2,1-2H3.